The van der Waals surface area contributed by atoms with Crippen LogP contribution in [0.2, 0.25) is 0 Å². The molecule has 1 amide bonds. The van der Waals surface area contributed by atoms with Crippen LogP contribution < -0.4 is 15.6 Å². The number of carbonyl (C=O) groups is 1. The first-order valence-electron chi connectivity index (χ1n) is 6.95. The van der Waals surface area contributed by atoms with Gasteiger partial charge in [0.15, 0.2) is 6.61 Å². The molecule has 0 fully saturated rings. The van der Waals surface area contributed by atoms with Crippen LogP contribution in [0.15, 0.2) is 42.5 Å². The Morgan fingerprint density at radius 2 is 1.81 bits per heavy atom. The van der Waals surface area contributed by atoms with Gasteiger partial charge in [-0.15, -0.1) is 0 Å². The maximum Gasteiger partial charge on any atom is 0.416 e. The molecule has 0 radical (unpaired) electrons. The summed E-state index contributed by atoms with van der Waals surface area (Å²) in [4.78, 5) is 21.5. The first kappa shape index (κ1) is 19.0. The lowest BCUT2D eigenvalue weighted by Crippen LogP contribution is -2.33. The molecule has 11 heteroatoms. The van der Waals surface area contributed by atoms with E-state index in [4.69, 9.17) is 4.74 Å². The molecule has 0 aliphatic carbocycles. The molecule has 2 N–H and O–H groups in total. The maximum absolute atomic E-state index is 12.7. The van der Waals surface area contributed by atoms with E-state index < -0.39 is 40.7 Å². The van der Waals surface area contributed by atoms with E-state index in [0.29, 0.717) is 12.1 Å². The van der Waals surface area contributed by atoms with Crippen LogP contribution in [0.1, 0.15) is 5.56 Å². The number of hydrazine groups is 1. The zero-order valence-corrected chi connectivity index (χ0v) is 12.8. The number of nitro benzene ring substituents is 1. The number of alkyl halides is 3. The van der Waals surface area contributed by atoms with Crippen molar-refractivity contribution in [2.24, 2.45) is 0 Å². The third kappa shape index (κ3) is 5.06. The molecule has 138 valence electrons. The molecule has 0 aliphatic heterocycles. The van der Waals surface area contributed by atoms with Gasteiger partial charge in [-0.25, -0.2) is 4.39 Å². The Morgan fingerprint density at radius 3 is 2.38 bits per heavy atom. The summed E-state index contributed by atoms with van der Waals surface area (Å²) in [7, 11) is 0. The first-order chi connectivity index (χ1) is 12.2. The minimum Gasteiger partial charge on any atom is -0.484 e. The van der Waals surface area contributed by atoms with Gasteiger partial charge in [0.1, 0.15) is 17.3 Å². The molecule has 7 nitrogen and oxygen atoms in total. The minimum absolute atomic E-state index is 0.210. The van der Waals surface area contributed by atoms with Crippen molar-refractivity contribution >= 4 is 17.3 Å². The SMILES string of the molecule is O=C(COc1ccc(F)cc1)NNc1ccc(C(F)(F)F)cc1[N+](=O)[O-]. The van der Waals surface area contributed by atoms with Gasteiger partial charge >= 0.3 is 6.18 Å². The fourth-order valence-electron chi connectivity index (χ4n) is 1.82. The van der Waals surface area contributed by atoms with Crippen molar-refractivity contribution in [2.45, 2.75) is 6.18 Å². The number of anilines is 1. The lowest BCUT2D eigenvalue weighted by atomic mass is 10.1. The second kappa shape index (κ2) is 7.68. The number of nitrogens with zero attached hydrogens (tertiary/aromatic N) is 1. The molecule has 0 saturated carbocycles. The van der Waals surface area contributed by atoms with Gasteiger partial charge in [-0.2, -0.15) is 13.2 Å². The number of benzene rings is 2. The highest BCUT2D eigenvalue weighted by Crippen LogP contribution is 2.34. The Morgan fingerprint density at radius 1 is 1.15 bits per heavy atom. The molecule has 26 heavy (non-hydrogen) atoms. The number of amides is 1. The summed E-state index contributed by atoms with van der Waals surface area (Å²) in [5, 5.41) is 10.9. The lowest BCUT2D eigenvalue weighted by molar-refractivity contribution is -0.384. The molecule has 0 saturated heterocycles. The summed E-state index contributed by atoms with van der Waals surface area (Å²) in [6.45, 7) is -0.507. The van der Waals surface area contributed by atoms with Crippen molar-refractivity contribution in [3.63, 3.8) is 0 Å². The monoisotopic (exact) mass is 373 g/mol. The summed E-state index contributed by atoms with van der Waals surface area (Å²) in [6.07, 6.45) is -4.74. The molecular weight excluding hydrogens is 362 g/mol. The van der Waals surface area contributed by atoms with E-state index >= 15 is 0 Å². The number of carbonyl (C=O) groups excluding carboxylic acids is 1. The fraction of sp³-hybridized carbons (Fsp3) is 0.133. The van der Waals surface area contributed by atoms with Crippen LogP contribution >= 0.6 is 0 Å². The van der Waals surface area contributed by atoms with E-state index in [1.54, 1.807) is 0 Å². The van der Waals surface area contributed by atoms with E-state index in [9.17, 15) is 32.5 Å². The number of rotatable bonds is 6. The van der Waals surface area contributed by atoms with Crippen molar-refractivity contribution < 1.29 is 32.0 Å². The van der Waals surface area contributed by atoms with Crippen LogP contribution in [-0.4, -0.2) is 17.4 Å². The molecule has 0 aliphatic rings. The van der Waals surface area contributed by atoms with Gasteiger partial charge in [-0.3, -0.25) is 25.8 Å². The normalized spacial score (nSPS) is 10.9. The third-order valence-electron chi connectivity index (χ3n) is 3.04. The zero-order valence-electron chi connectivity index (χ0n) is 12.8. The molecule has 2 rings (SSSR count). The minimum atomic E-state index is -4.74. The molecule has 0 atom stereocenters. The summed E-state index contributed by atoms with van der Waals surface area (Å²) < 4.78 is 55.6. The molecule has 0 bridgehead atoms. The van der Waals surface area contributed by atoms with E-state index in [0.717, 1.165) is 18.2 Å². The highest BCUT2D eigenvalue weighted by molar-refractivity contribution is 5.79. The molecule has 0 unspecified atom stereocenters. The average molecular weight is 373 g/mol. The van der Waals surface area contributed by atoms with Gasteiger partial charge in [-0.1, -0.05) is 0 Å². The maximum atomic E-state index is 12.7. The topological polar surface area (TPSA) is 93.5 Å². The zero-order chi connectivity index (χ0) is 19.3. The van der Waals surface area contributed by atoms with Crippen LogP contribution in [0, 0.1) is 15.9 Å². The van der Waals surface area contributed by atoms with Gasteiger partial charge in [0.2, 0.25) is 0 Å². The van der Waals surface area contributed by atoms with E-state index in [-0.39, 0.29) is 11.4 Å². The van der Waals surface area contributed by atoms with E-state index in [1.165, 1.54) is 12.1 Å². The van der Waals surface area contributed by atoms with Crippen molar-refractivity contribution in [3.8, 4) is 5.75 Å². The Labute approximate surface area is 143 Å². The second-order valence-electron chi connectivity index (χ2n) is 4.90. The molecular formula is C15H11F4N3O4. The number of hydrogen-bond acceptors (Lipinski definition) is 5. The van der Waals surface area contributed by atoms with Crippen LogP contribution in [0.5, 0.6) is 5.75 Å². The quantitative estimate of drug-likeness (QED) is 0.461. The van der Waals surface area contributed by atoms with Crippen molar-refractivity contribution in [1.29, 1.82) is 0 Å². The molecule has 0 spiro atoms. The van der Waals surface area contributed by atoms with Crippen LogP contribution in [0.25, 0.3) is 0 Å². The summed E-state index contributed by atoms with van der Waals surface area (Å²) in [5.74, 6) is -1.04. The number of ether oxygens (including phenoxy) is 1. The number of halogens is 4. The summed E-state index contributed by atoms with van der Waals surface area (Å²) in [6, 6.07) is 6.63. The van der Waals surface area contributed by atoms with E-state index in [2.05, 4.69) is 10.9 Å². The average Bonchev–Trinajstić information content (AvgIpc) is 2.58. The number of hydrogen-bond donors (Lipinski definition) is 2. The van der Waals surface area contributed by atoms with Crippen LogP contribution in [0.3, 0.4) is 0 Å². The predicted octanol–water partition coefficient (Wildman–Crippen LogP) is 3.27. The Bertz CT molecular complexity index is 810. The van der Waals surface area contributed by atoms with Crippen molar-refractivity contribution in [2.75, 3.05) is 12.0 Å². The molecule has 0 aromatic heterocycles. The molecule has 2 aromatic carbocycles. The van der Waals surface area contributed by atoms with Crippen LogP contribution in [0.4, 0.5) is 28.9 Å². The predicted molar refractivity (Wildman–Crippen MR) is 81.8 cm³/mol. The Kier molecular flexibility index (Phi) is 5.60. The van der Waals surface area contributed by atoms with Crippen molar-refractivity contribution in [1.82, 2.24) is 5.43 Å². The van der Waals surface area contributed by atoms with Gasteiger partial charge in [0, 0.05) is 6.07 Å². The summed E-state index contributed by atoms with van der Waals surface area (Å²) >= 11 is 0. The number of nitro groups is 1. The van der Waals surface area contributed by atoms with E-state index in [1.807, 2.05) is 0 Å². The van der Waals surface area contributed by atoms with Crippen LogP contribution in [-0.2, 0) is 11.0 Å². The third-order valence-corrected chi connectivity index (χ3v) is 3.04. The second-order valence-corrected chi connectivity index (χ2v) is 4.90. The highest BCUT2D eigenvalue weighted by Gasteiger charge is 2.33. The standard InChI is InChI=1S/C15H11F4N3O4/c16-10-2-4-11(5-3-10)26-8-14(23)21-20-12-6-1-9(15(17,18)19)7-13(12)22(24)25/h1-7,20H,8H2,(H,21,23). The van der Waals surface area contributed by atoms with Gasteiger partial charge in [0.25, 0.3) is 11.6 Å². The first-order valence-corrected chi connectivity index (χ1v) is 6.95. The van der Waals surface area contributed by atoms with Gasteiger partial charge in [0.05, 0.1) is 10.5 Å². The Balaban J connectivity index is 1.98. The smallest absolute Gasteiger partial charge is 0.416 e. The summed E-state index contributed by atoms with van der Waals surface area (Å²) in [5.41, 5.74) is 1.84. The lowest BCUT2D eigenvalue weighted by Gasteiger charge is -2.12. The number of nitrogens with one attached hydrogen (secondary N) is 2. The largest absolute Gasteiger partial charge is 0.484 e. The van der Waals surface area contributed by atoms with Gasteiger partial charge < -0.3 is 4.74 Å². The molecule has 0 heterocycles. The fourth-order valence-corrected chi connectivity index (χ4v) is 1.82. The highest BCUT2D eigenvalue weighted by atomic mass is 19.4. The molecule has 2 aromatic rings. The van der Waals surface area contributed by atoms with Gasteiger partial charge in [-0.05, 0) is 36.4 Å². The Hall–Kier alpha value is -3.37. The van der Waals surface area contributed by atoms with Crippen molar-refractivity contribution in [3.05, 3.63) is 64.0 Å².